The summed E-state index contributed by atoms with van der Waals surface area (Å²) in [6, 6.07) is 0. The maximum absolute atomic E-state index is 8.96. The summed E-state index contributed by atoms with van der Waals surface area (Å²) in [6.45, 7) is -0.0874. The fourth-order valence-corrected chi connectivity index (χ4v) is 3.06. The zero-order valence-corrected chi connectivity index (χ0v) is 10.1. The van der Waals surface area contributed by atoms with Crippen molar-refractivity contribution in [3.05, 3.63) is 16.4 Å². The summed E-state index contributed by atoms with van der Waals surface area (Å²) in [7, 11) is 1.85. The molecule has 0 aliphatic carbocycles. The molecule has 0 bridgehead atoms. The number of aliphatic hydroxyl groups excluding tert-OH is 1. The van der Waals surface area contributed by atoms with Gasteiger partial charge in [-0.3, -0.25) is 0 Å². The number of aryl methyl sites for hydroxylation is 1. The van der Waals surface area contributed by atoms with Crippen LogP contribution in [0.2, 0.25) is 5.15 Å². The van der Waals surface area contributed by atoms with Gasteiger partial charge in [-0.15, -0.1) is 21.5 Å². The van der Waals surface area contributed by atoms with Crippen LogP contribution >= 0.6 is 34.7 Å². The minimum atomic E-state index is -0.0874. The van der Waals surface area contributed by atoms with Gasteiger partial charge in [-0.05, 0) is 11.8 Å². The van der Waals surface area contributed by atoms with Crippen LogP contribution in [0, 0.1) is 0 Å². The number of rotatable bonds is 3. The number of nitrogens with zero attached hydrogens (tertiary/aromatic N) is 4. The Bertz CT molecular complexity index is 469. The van der Waals surface area contributed by atoms with E-state index in [9.17, 15) is 0 Å². The Morgan fingerprint density at radius 1 is 1.67 bits per heavy atom. The first-order valence-electron chi connectivity index (χ1n) is 3.98. The van der Waals surface area contributed by atoms with Crippen LogP contribution in [-0.2, 0) is 13.7 Å². The minimum absolute atomic E-state index is 0.0874. The van der Waals surface area contributed by atoms with E-state index < -0.39 is 0 Å². The van der Waals surface area contributed by atoms with E-state index in [4.69, 9.17) is 16.7 Å². The van der Waals surface area contributed by atoms with Crippen molar-refractivity contribution in [1.82, 2.24) is 19.7 Å². The van der Waals surface area contributed by atoms with E-state index >= 15 is 0 Å². The molecule has 8 heteroatoms. The molecule has 0 spiro atoms. The highest BCUT2D eigenvalue weighted by Gasteiger charge is 2.11. The molecule has 1 N–H and O–H groups in total. The third-order valence-corrected chi connectivity index (χ3v) is 4.20. The molecule has 0 atom stereocenters. The van der Waals surface area contributed by atoms with E-state index in [1.165, 1.54) is 23.1 Å². The Hall–Kier alpha value is -0.630. The Morgan fingerprint density at radius 2 is 2.47 bits per heavy atom. The molecule has 0 radical (unpaired) electrons. The summed E-state index contributed by atoms with van der Waals surface area (Å²) < 4.78 is 2.54. The average Bonchev–Trinajstić information content (AvgIpc) is 2.75. The van der Waals surface area contributed by atoms with Crippen LogP contribution in [0.5, 0.6) is 0 Å². The Balaban J connectivity index is 2.21. The molecule has 2 aromatic rings. The molecule has 80 valence electrons. The monoisotopic (exact) mass is 262 g/mol. The van der Waals surface area contributed by atoms with E-state index in [1.54, 1.807) is 10.9 Å². The molecule has 0 amide bonds. The van der Waals surface area contributed by atoms with Crippen LogP contribution in [0.1, 0.15) is 4.88 Å². The second-order valence-electron chi connectivity index (χ2n) is 2.68. The lowest BCUT2D eigenvalue weighted by Crippen LogP contribution is -1.87. The van der Waals surface area contributed by atoms with Gasteiger partial charge in [-0.2, -0.15) is 0 Å². The second kappa shape index (κ2) is 4.48. The van der Waals surface area contributed by atoms with Crippen molar-refractivity contribution in [3.8, 4) is 0 Å². The van der Waals surface area contributed by atoms with Gasteiger partial charge in [0.05, 0.1) is 11.5 Å². The summed E-state index contributed by atoms with van der Waals surface area (Å²) in [5.74, 6) is 0. The zero-order valence-electron chi connectivity index (χ0n) is 7.71. The number of halogens is 1. The lowest BCUT2D eigenvalue weighted by molar-refractivity contribution is 0.285. The molecule has 0 unspecified atom stereocenters. The van der Waals surface area contributed by atoms with Crippen molar-refractivity contribution in [3.63, 3.8) is 0 Å². The molecular weight excluding hydrogens is 256 g/mol. The number of thiazole rings is 1. The molecule has 0 fully saturated rings. The molecule has 0 saturated carbocycles. The molecular formula is C7H7ClN4OS2. The standard InChI is InChI=1S/C7H7ClN4OS2/c1-12-3-9-11-6(12)15-7-10-5(8)4(2-13)14-7/h3,13H,2H2,1H3. The van der Waals surface area contributed by atoms with E-state index in [-0.39, 0.29) is 6.61 Å². The van der Waals surface area contributed by atoms with Gasteiger partial charge < -0.3 is 9.67 Å². The summed E-state index contributed by atoms with van der Waals surface area (Å²) >= 11 is 8.54. The molecule has 0 aliphatic heterocycles. The highest BCUT2D eigenvalue weighted by molar-refractivity contribution is 8.00. The fraction of sp³-hybridized carbons (Fsp3) is 0.286. The van der Waals surface area contributed by atoms with Gasteiger partial charge in [0, 0.05) is 7.05 Å². The SMILES string of the molecule is Cn1cnnc1Sc1nc(Cl)c(CO)s1. The summed E-state index contributed by atoms with van der Waals surface area (Å²) in [4.78, 5) is 4.77. The maximum atomic E-state index is 8.96. The number of hydrogen-bond acceptors (Lipinski definition) is 6. The zero-order chi connectivity index (χ0) is 10.8. The van der Waals surface area contributed by atoms with Crippen molar-refractivity contribution >= 4 is 34.7 Å². The van der Waals surface area contributed by atoms with Crippen LogP contribution < -0.4 is 0 Å². The molecule has 5 nitrogen and oxygen atoms in total. The van der Waals surface area contributed by atoms with Crippen molar-refractivity contribution in [1.29, 1.82) is 0 Å². The minimum Gasteiger partial charge on any atom is -0.391 e. The fourth-order valence-electron chi connectivity index (χ4n) is 0.897. The van der Waals surface area contributed by atoms with Gasteiger partial charge in [-0.25, -0.2) is 4.98 Å². The lowest BCUT2D eigenvalue weighted by Gasteiger charge is -1.94. The van der Waals surface area contributed by atoms with E-state index in [0.29, 0.717) is 10.0 Å². The first-order valence-corrected chi connectivity index (χ1v) is 5.99. The summed E-state index contributed by atoms with van der Waals surface area (Å²) in [6.07, 6.45) is 1.62. The summed E-state index contributed by atoms with van der Waals surface area (Å²) in [5.41, 5.74) is 0. The predicted octanol–water partition coefficient (Wildman–Crippen LogP) is 1.57. The van der Waals surface area contributed by atoms with Crippen LogP contribution in [0.4, 0.5) is 0 Å². The number of aliphatic hydroxyl groups is 1. The van der Waals surface area contributed by atoms with Crippen LogP contribution in [0.15, 0.2) is 15.8 Å². The van der Waals surface area contributed by atoms with Gasteiger partial charge >= 0.3 is 0 Å². The smallest absolute Gasteiger partial charge is 0.197 e. The van der Waals surface area contributed by atoms with Crippen molar-refractivity contribution in [2.24, 2.45) is 7.05 Å². The van der Waals surface area contributed by atoms with Crippen LogP contribution in [-0.4, -0.2) is 24.9 Å². The number of hydrogen-bond donors (Lipinski definition) is 1. The normalized spacial score (nSPS) is 10.9. The quantitative estimate of drug-likeness (QED) is 0.910. The van der Waals surface area contributed by atoms with Gasteiger partial charge in [-0.1, -0.05) is 11.6 Å². The Morgan fingerprint density at radius 3 is 3.00 bits per heavy atom. The predicted molar refractivity (Wildman–Crippen MR) is 58.2 cm³/mol. The van der Waals surface area contributed by atoms with E-state index in [2.05, 4.69) is 15.2 Å². The highest BCUT2D eigenvalue weighted by Crippen LogP contribution is 2.33. The molecule has 0 aliphatic rings. The van der Waals surface area contributed by atoms with Gasteiger partial charge in [0.25, 0.3) is 0 Å². The molecule has 15 heavy (non-hydrogen) atoms. The topological polar surface area (TPSA) is 63.8 Å². The molecule has 2 heterocycles. The first kappa shape index (κ1) is 10.9. The van der Waals surface area contributed by atoms with Gasteiger partial charge in [0.2, 0.25) is 0 Å². The third-order valence-electron chi connectivity index (χ3n) is 1.62. The van der Waals surface area contributed by atoms with Crippen molar-refractivity contribution in [2.45, 2.75) is 16.1 Å². The Kier molecular flexibility index (Phi) is 3.25. The Labute approximate surface area is 99.1 Å². The van der Waals surface area contributed by atoms with Crippen LogP contribution in [0.25, 0.3) is 0 Å². The molecule has 2 rings (SSSR count). The number of aromatic nitrogens is 4. The largest absolute Gasteiger partial charge is 0.391 e. The van der Waals surface area contributed by atoms with Crippen molar-refractivity contribution < 1.29 is 5.11 Å². The third kappa shape index (κ3) is 2.31. The molecule has 0 aromatic carbocycles. The molecule has 2 aromatic heterocycles. The van der Waals surface area contributed by atoms with Gasteiger partial charge in [0.15, 0.2) is 9.50 Å². The highest BCUT2D eigenvalue weighted by atomic mass is 35.5. The average molecular weight is 263 g/mol. The second-order valence-corrected chi connectivity index (χ2v) is 5.33. The lowest BCUT2D eigenvalue weighted by atomic mass is 10.6. The van der Waals surface area contributed by atoms with E-state index in [1.807, 2.05) is 7.05 Å². The van der Waals surface area contributed by atoms with Crippen LogP contribution in [0.3, 0.4) is 0 Å². The van der Waals surface area contributed by atoms with Gasteiger partial charge in [0.1, 0.15) is 11.5 Å². The molecule has 0 saturated heterocycles. The van der Waals surface area contributed by atoms with Crippen molar-refractivity contribution in [2.75, 3.05) is 0 Å². The summed E-state index contributed by atoms with van der Waals surface area (Å²) in [5, 5.41) is 17.7. The first-order chi connectivity index (χ1) is 7.20. The maximum Gasteiger partial charge on any atom is 0.197 e. The van der Waals surface area contributed by atoms with E-state index in [0.717, 1.165) is 9.50 Å².